The van der Waals surface area contributed by atoms with Gasteiger partial charge in [-0.2, -0.15) is 0 Å². The van der Waals surface area contributed by atoms with Gasteiger partial charge in [0, 0.05) is 23.3 Å². The van der Waals surface area contributed by atoms with Crippen LogP contribution in [0.4, 0.5) is 10.1 Å². The molecule has 0 amide bonds. The molecule has 0 aromatic heterocycles. The monoisotopic (exact) mass is 414 g/mol. The lowest BCUT2D eigenvalue weighted by atomic mass is 9.99. The van der Waals surface area contributed by atoms with Crippen molar-refractivity contribution >= 4 is 34.7 Å². The highest BCUT2D eigenvalue weighted by Crippen LogP contribution is 2.33. The Kier molecular flexibility index (Phi) is 6.77. The van der Waals surface area contributed by atoms with Gasteiger partial charge in [0.25, 0.3) is 0 Å². The molecule has 0 unspecified atom stereocenters. The van der Waals surface area contributed by atoms with E-state index < -0.39 is 11.9 Å². The Morgan fingerprint density at radius 3 is 2.69 bits per heavy atom. The average molecular weight is 415 g/mol. The number of halogens is 2. The van der Waals surface area contributed by atoms with Gasteiger partial charge in [0.2, 0.25) is 0 Å². The van der Waals surface area contributed by atoms with Crippen molar-refractivity contribution in [1.29, 1.82) is 10.8 Å². The SMILES string of the molecule is CCCC[C@@H]1N=C(c2ccccc2F)c2cc(Cl)ccc2N(C(=N)COC)C1=N. The van der Waals surface area contributed by atoms with E-state index in [9.17, 15) is 4.39 Å². The van der Waals surface area contributed by atoms with Gasteiger partial charge in [-0.05, 0) is 36.8 Å². The molecule has 3 rings (SSSR count). The maximum absolute atomic E-state index is 14.7. The molecule has 2 aromatic carbocycles. The van der Waals surface area contributed by atoms with Gasteiger partial charge in [-0.15, -0.1) is 0 Å². The molecule has 2 aromatic rings. The number of benzene rings is 2. The number of hydrogen-bond acceptors (Lipinski definition) is 4. The Morgan fingerprint density at radius 2 is 2.00 bits per heavy atom. The second-order valence-electron chi connectivity index (χ2n) is 6.88. The lowest BCUT2D eigenvalue weighted by Crippen LogP contribution is -2.43. The van der Waals surface area contributed by atoms with Gasteiger partial charge < -0.3 is 4.74 Å². The van der Waals surface area contributed by atoms with Crippen LogP contribution in [0.15, 0.2) is 47.5 Å². The van der Waals surface area contributed by atoms with Crippen LogP contribution in [-0.2, 0) is 4.74 Å². The number of amidine groups is 2. The Morgan fingerprint density at radius 1 is 1.24 bits per heavy atom. The van der Waals surface area contributed by atoms with Crippen LogP contribution in [-0.4, -0.2) is 37.1 Å². The fourth-order valence-electron chi connectivity index (χ4n) is 3.42. The maximum Gasteiger partial charge on any atom is 0.132 e. The van der Waals surface area contributed by atoms with Crippen LogP contribution in [0.2, 0.25) is 5.02 Å². The van der Waals surface area contributed by atoms with E-state index in [1.165, 1.54) is 18.1 Å². The van der Waals surface area contributed by atoms with Gasteiger partial charge in [0.1, 0.15) is 30.1 Å². The van der Waals surface area contributed by atoms with Crippen molar-refractivity contribution in [3.8, 4) is 0 Å². The summed E-state index contributed by atoms with van der Waals surface area (Å²) < 4.78 is 19.9. The first-order chi connectivity index (χ1) is 14.0. The largest absolute Gasteiger partial charge is 0.377 e. The molecule has 2 N–H and O–H groups in total. The van der Waals surface area contributed by atoms with Crippen LogP contribution in [0, 0.1) is 16.6 Å². The topological polar surface area (TPSA) is 72.5 Å². The quantitative estimate of drug-likeness (QED) is 0.497. The zero-order valence-corrected chi connectivity index (χ0v) is 17.3. The summed E-state index contributed by atoms with van der Waals surface area (Å²) in [6.07, 6.45) is 2.44. The van der Waals surface area contributed by atoms with Crippen molar-refractivity contribution in [2.24, 2.45) is 4.99 Å². The van der Waals surface area contributed by atoms with Gasteiger partial charge in [-0.25, -0.2) is 4.39 Å². The first kappa shape index (κ1) is 21.1. The molecule has 0 bridgehead atoms. The van der Waals surface area contributed by atoms with E-state index >= 15 is 0 Å². The molecule has 1 aliphatic rings. The summed E-state index contributed by atoms with van der Waals surface area (Å²) in [5, 5.41) is 17.8. The van der Waals surface area contributed by atoms with E-state index in [1.54, 1.807) is 36.4 Å². The Balaban J connectivity index is 2.26. The van der Waals surface area contributed by atoms with E-state index in [1.807, 2.05) is 0 Å². The van der Waals surface area contributed by atoms with Crippen molar-refractivity contribution in [2.75, 3.05) is 18.6 Å². The van der Waals surface area contributed by atoms with E-state index in [2.05, 4.69) is 6.92 Å². The number of ether oxygens (including phenoxy) is 1. The van der Waals surface area contributed by atoms with Crippen molar-refractivity contribution in [1.82, 2.24) is 0 Å². The van der Waals surface area contributed by atoms with Crippen LogP contribution in [0.1, 0.15) is 37.3 Å². The lowest BCUT2D eigenvalue weighted by molar-refractivity contribution is 0.244. The third kappa shape index (κ3) is 4.38. The molecule has 0 aliphatic carbocycles. The Labute approximate surface area is 175 Å². The van der Waals surface area contributed by atoms with Gasteiger partial charge in [-0.3, -0.25) is 20.7 Å². The van der Waals surface area contributed by atoms with Crippen LogP contribution >= 0.6 is 11.6 Å². The fourth-order valence-corrected chi connectivity index (χ4v) is 3.59. The van der Waals surface area contributed by atoms with Crippen molar-refractivity contribution < 1.29 is 9.13 Å². The summed E-state index contributed by atoms with van der Waals surface area (Å²) in [6.45, 7) is 2.11. The summed E-state index contributed by atoms with van der Waals surface area (Å²) in [4.78, 5) is 6.35. The molecule has 0 radical (unpaired) electrons. The second-order valence-corrected chi connectivity index (χ2v) is 7.31. The minimum absolute atomic E-state index is 0.0416. The summed E-state index contributed by atoms with van der Waals surface area (Å²) in [5.74, 6) is -0.0960. The highest BCUT2D eigenvalue weighted by molar-refractivity contribution is 6.33. The molecular weight excluding hydrogens is 391 g/mol. The average Bonchev–Trinajstić information content (AvgIpc) is 2.81. The van der Waals surface area contributed by atoms with E-state index in [4.69, 9.17) is 32.1 Å². The fraction of sp³-hybridized carbons (Fsp3) is 0.318. The number of nitrogens with zero attached hydrogens (tertiary/aromatic N) is 2. The standard InChI is InChI=1S/C22H24ClFN4O/c1-3-4-9-18-22(26)28(20(25)13-29-2)19-11-10-14(23)12-16(19)21(27-18)15-7-5-6-8-17(15)24/h5-8,10-12,18,25-26H,3-4,9,13H2,1-2H3/t18-/m0/s1. The third-order valence-corrected chi connectivity index (χ3v) is 5.04. The molecule has 7 heteroatoms. The normalized spacial score (nSPS) is 16.3. The molecule has 5 nitrogen and oxygen atoms in total. The molecule has 0 saturated heterocycles. The molecular formula is C22H24ClFN4O. The van der Waals surface area contributed by atoms with Gasteiger partial charge >= 0.3 is 0 Å². The van der Waals surface area contributed by atoms with E-state index in [0.717, 1.165) is 12.8 Å². The Bertz CT molecular complexity index is 960. The smallest absolute Gasteiger partial charge is 0.132 e. The van der Waals surface area contributed by atoms with Crippen molar-refractivity contribution in [3.05, 3.63) is 64.4 Å². The molecule has 0 fully saturated rings. The van der Waals surface area contributed by atoms with Crippen LogP contribution < -0.4 is 4.90 Å². The number of benzodiazepines with no additional fused rings is 1. The van der Waals surface area contributed by atoms with Gasteiger partial charge in [0.05, 0.1) is 11.4 Å². The molecule has 1 aliphatic heterocycles. The zero-order chi connectivity index (χ0) is 21.0. The van der Waals surface area contributed by atoms with Gasteiger partial charge in [0.15, 0.2) is 0 Å². The van der Waals surface area contributed by atoms with Crippen molar-refractivity contribution in [3.63, 3.8) is 0 Å². The minimum atomic E-state index is -0.507. The lowest BCUT2D eigenvalue weighted by Gasteiger charge is -2.28. The second kappa shape index (κ2) is 9.29. The minimum Gasteiger partial charge on any atom is -0.377 e. The molecule has 1 heterocycles. The molecule has 0 saturated carbocycles. The number of fused-ring (bicyclic) bond motifs is 1. The van der Waals surface area contributed by atoms with Crippen LogP contribution in [0.5, 0.6) is 0 Å². The summed E-state index contributed by atoms with van der Waals surface area (Å²) in [5.41, 5.74) is 1.96. The van der Waals surface area contributed by atoms with E-state index in [0.29, 0.717) is 34.0 Å². The van der Waals surface area contributed by atoms with Crippen LogP contribution in [0.3, 0.4) is 0 Å². The number of methoxy groups -OCH3 is 1. The molecule has 152 valence electrons. The summed E-state index contributed by atoms with van der Waals surface area (Å²) in [7, 11) is 1.51. The highest BCUT2D eigenvalue weighted by atomic mass is 35.5. The van der Waals surface area contributed by atoms with E-state index in [-0.39, 0.29) is 18.3 Å². The highest BCUT2D eigenvalue weighted by Gasteiger charge is 2.32. The molecule has 1 atom stereocenters. The number of nitrogens with one attached hydrogen (secondary N) is 2. The number of aliphatic imine (C=N–C) groups is 1. The predicted octanol–water partition coefficient (Wildman–Crippen LogP) is 5.30. The van der Waals surface area contributed by atoms with Crippen LogP contribution in [0.25, 0.3) is 0 Å². The third-order valence-electron chi connectivity index (χ3n) is 4.81. The number of rotatable bonds is 6. The zero-order valence-electron chi connectivity index (χ0n) is 16.5. The number of anilines is 1. The first-order valence-corrected chi connectivity index (χ1v) is 9.93. The number of hydrogen-bond donors (Lipinski definition) is 2. The predicted molar refractivity (Wildman–Crippen MR) is 117 cm³/mol. The first-order valence-electron chi connectivity index (χ1n) is 9.55. The molecule has 0 spiro atoms. The Hall–Kier alpha value is -2.57. The maximum atomic E-state index is 14.7. The number of unbranched alkanes of at least 4 members (excludes halogenated alkanes) is 1. The van der Waals surface area contributed by atoms with Crippen molar-refractivity contribution in [2.45, 2.75) is 32.2 Å². The molecule has 29 heavy (non-hydrogen) atoms. The summed E-state index contributed by atoms with van der Waals surface area (Å²) in [6, 6.07) is 11.1. The summed E-state index contributed by atoms with van der Waals surface area (Å²) >= 11 is 6.27. The van der Waals surface area contributed by atoms with Gasteiger partial charge in [-0.1, -0.05) is 43.5 Å².